The lowest BCUT2D eigenvalue weighted by atomic mass is 9.91. The van der Waals surface area contributed by atoms with Gasteiger partial charge in [0.1, 0.15) is 17.5 Å². The summed E-state index contributed by atoms with van der Waals surface area (Å²) in [6, 6.07) is 4.93. The molecule has 0 saturated carbocycles. The minimum atomic E-state index is -1.68. The number of carbonyl (C=O) groups is 1. The zero-order valence-electron chi connectivity index (χ0n) is 13.5. The van der Waals surface area contributed by atoms with E-state index in [1.165, 1.54) is 17.2 Å². The van der Waals surface area contributed by atoms with Crippen LogP contribution in [0, 0.1) is 11.6 Å². The molecule has 3 heterocycles. The molecule has 4 rings (SSSR count). The molecule has 0 aliphatic carbocycles. The van der Waals surface area contributed by atoms with Crippen molar-refractivity contribution in [2.24, 2.45) is 10.7 Å². The van der Waals surface area contributed by atoms with Gasteiger partial charge < -0.3 is 20.4 Å². The summed E-state index contributed by atoms with van der Waals surface area (Å²) in [4.78, 5) is 17.7. The Kier molecular flexibility index (Phi) is 3.67. The number of aliphatic imine (C=N–C) groups is 1. The van der Waals surface area contributed by atoms with Crippen molar-refractivity contribution in [3.8, 4) is 0 Å². The molecule has 2 aliphatic heterocycles. The largest absolute Gasteiger partial charge is 0.459 e. The molecule has 136 valence electrons. The fraction of sp³-hybridized carbons (Fsp3) is 0.294. The molecule has 1 aromatic heterocycles. The van der Waals surface area contributed by atoms with Crippen LogP contribution in [0.4, 0.5) is 18.9 Å². The van der Waals surface area contributed by atoms with E-state index in [1.807, 2.05) is 0 Å². The van der Waals surface area contributed by atoms with Crippen LogP contribution in [0.2, 0.25) is 0 Å². The number of fused-ring (bicyclic) bond motifs is 1. The highest BCUT2D eigenvalue weighted by Crippen LogP contribution is 2.38. The molecule has 1 amide bonds. The van der Waals surface area contributed by atoms with Crippen molar-refractivity contribution in [3.63, 3.8) is 0 Å². The van der Waals surface area contributed by atoms with Crippen LogP contribution in [0.5, 0.6) is 0 Å². The van der Waals surface area contributed by atoms with E-state index in [2.05, 4.69) is 10.3 Å². The van der Waals surface area contributed by atoms with Gasteiger partial charge in [-0.05, 0) is 24.3 Å². The van der Waals surface area contributed by atoms with Gasteiger partial charge in [-0.15, -0.1) is 0 Å². The molecule has 2 aliphatic rings. The summed E-state index contributed by atoms with van der Waals surface area (Å²) < 4.78 is 48.2. The second-order valence-electron chi connectivity index (χ2n) is 6.27. The first-order valence-corrected chi connectivity index (χ1v) is 8.00. The van der Waals surface area contributed by atoms with Crippen LogP contribution in [0.1, 0.15) is 22.5 Å². The van der Waals surface area contributed by atoms with E-state index in [0.29, 0.717) is 0 Å². The van der Waals surface area contributed by atoms with Crippen LogP contribution in [0.25, 0.3) is 0 Å². The van der Waals surface area contributed by atoms with Crippen molar-refractivity contribution in [3.05, 3.63) is 53.5 Å². The Hall–Kier alpha value is -2.97. The molecule has 1 spiro atoms. The van der Waals surface area contributed by atoms with Gasteiger partial charge in [0, 0.05) is 13.0 Å². The van der Waals surface area contributed by atoms with Crippen molar-refractivity contribution < 1.29 is 22.4 Å². The normalized spacial score (nSPS) is 24.8. The fourth-order valence-corrected chi connectivity index (χ4v) is 3.34. The number of nitrogens with one attached hydrogen (secondary N) is 1. The van der Waals surface area contributed by atoms with Gasteiger partial charge in [0.2, 0.25) is 0 Å². The Morgan fingerprint density at radius 2 is 2.12 bits per heavy atom. The number of hydrogen-bond donors (Lipinski definition) is 2. The number of amides is 1. The van der Waals surface area contributed by atoms with Gasteiger partial charge in [0.15, 0.2) is 17.6 Å². The maximum absolute atomic E-state index is 15.0. The number of rotatable bonds is 1. The molecule has 26 heavy (non-hydrogen) atoms. The minimum Gasteiger partial charge on any atom is -0.459 e. The van der Waals surface area contributed by atoms with Crippen molar-refractivity contribution >= 4 is 17.4 Å². The second-order valence-corrected chi connectivity index (χ2v) is 6.27. The minimum absolute atomic E-state index is 0.0384. The molecule has 1 fully saturated rings. The van der Waals surface area contributed by atoms with Crippen molar-refractivity contribution in [2.45, 2.75) is 18.3 Å². The summed E-state index contributed by atoms with van der Waals surface area (Å²) in [7, 11) is 0. The van der Waals surface area contributed by atoms with Crippen LogP contribution >= 0.6 is 0 Å². The molecular weight excluding hydrogens is 349 g/mol. The molecule has 9 heteroatoms. The molecule has 2 atom stereocenters. The molecule has 2 aromatic rings. The molecule has 3 N–H and O–H groups in total. The number of nitrogens with zero attached hydrogens (tertiary/aromatic N) is 2. The highest BCUT2D eigenvalue weighted by Gasteiger charge is 2.48. The van der Waals surface area contributed by atoms with Crippen molar-refractivity contribution in [1.82, 2.24) is 4.90 Å². The third-order valence-corrected chi connectivity index (χ3v) is 4.70. The van der Waals surface area contributed by atoms with Gasteiger partial charge in [-0.3, -0.25) is 4.79 Å². The second kappa shape index (κ2) is 5.79. The summed E-state index contributed by atoms with van der Waals surface area (Å²) in [5, 5.41) is 2.68. The van der Waals surface area contributed by atoms with E-state index in [0.717, 1.165) is 12.1 Å². The summed E-state index contributed by atoms with van der Waals surface area (Å²) in [5.74, 6) is -2.11. The van der Waals surface area contributed by atoms with E-state index in [1.54, 1.807) is 6.07 Å². The molecule has 2 unspecified atom stereocenters. The maximum atomic E-state index is 15.0. The van der Waals surface area contributed by atoms with Gasteiger partial charge in [0.25, 0.3) is 5.91 Å². The Labute approximate surface area is 146 Å². The first-order valence-electron chi connectivity index (χ1n) is 8.00. The number of halogens is 3. The Bertz CT molecular complexity index is 900. The van der Waals surface area contributed by atoms with E-state index >= 15 is 4.39 Å². The average Bonchev–Trinajstić information content (AvgIpc) is 3.14. The third-order valence-electron chi connectivity index (χ3n) is 4.70. The standard InChI is InChI=1S/C17H15F3N4O2/c18-9-3-4-10(19)14-13(9)15(21)23-17(22-14)5-6-24(8-12(17)20)16(25)11-2-1-7-26-11/h1-4,7,12,22H,5-6,8H2,(H2,21,23). The first-order chi connectivity index (χ1) is 12.4. The van der Waals surface area contributed by atoms with Crippen LogP contribution in [0.15, 0.2) is 39.9 Å². The highest BCUT2D eigenvalue weighted by atomic mass is 19.1. The fourth-order valence-electron chi connectivity index (χ4n) is 3.34. The maximum Gasteiger partial charge on any atom is 0.289 e. The number of anilines is 1. The average molecular weight is 364 g/mol. The van der Waals surface area contributed by atoms with E-state index in [-0.39, 0.29) is 42.4 Å². The van der Waals surface area contributed by atoms with E-state index in [9.17, 15) is 13.6 Å². The molecular formula is C17H15F3N4O2. The molecule has 0 bridgehead atoms. The number of nitrogens with two attached hydrogens (primary N) is 1. The third kappa shape index (κ3) is 2.42. The van der Waals surface area contributed by atoms with Gasteiger partial charge >= 0.3 is 0 Å². The lowest BCUT2D eigenvalue weighted by Crippen LogP contribution is -2.60. The van der Waals surface area contributed by atoms with Crippen molar-refractivity contribution in [2.75, 3.05) is 18.4 Å². The number of hydrogen-bond acceptors (Lipinski definition) is 5. The number of alkyl halides is 1. The summed E-state index contributed by atoms with van der Waals surface area (Å²) >= 11 is 0. The molecule has 0 radical (unpaired) electrons. The number of likely N-dealkylation sites (tertiary alicyclic amines) is 1. The number of amidine groups is 1. The monoisotopic (exact) mass is 364 g/mol. The van der Waals surface area contributed by atoms with Gasteiger partial charge in [-0.1, -0.05) is 0 Å². The summed E-state index contributed by atoms with van der Waals surface area (Å²) in [6.45, 7) is -0.133. The van der Waals surface area contributed by atoms with Gasteiger partial charge in [-0.2, -0.15) is 0 Å². The highest BCUT2D eigenvalue weighted by molar-refractivity contribution is 6.04. The lowest BCUT2D eigenvalue weighted by Gasteiger charge is -2.44. The van der Waals surface area contributed by atoms with Gasteiger partial charge in [-0.25, -0.2) is 18.2 Å². The topological polar surface area (TPSA) is 83.9 Å². The number of benzene rings is 1. The predicted octanol–water partition coefficient (Wildman–Crippen LogP) is 2.27. The van der Waals surface area contributed by atoms with Crippen molar-refractivity contribution in [1.29, 1.82) is 0 Å². The number of furan rings is 1. The SMILES string of the molecule is NC1=NC2(CCN(C(=O)c3ccco3)CC2F)Nc2c(F)ccc(F)c21. The number of piperidine rings is 1. The Morgan fingerprint density at radius 3 is 2.81 bits per heavy atom. The summed E-state index contributed by atoms with van der Waals surface area (Å²) in [5.41, 5.74) is 3.82. The quantitative estimate of drug-likeness (QED) is 0.813. The molecule has 1 saturated heterocycles. The Morgan fingerprint density at radius 1 is 1.35 bits per heavy atom. The van der Waals surface area contributed by atoms with Crippen LogP contribution in [0.3, 0.4) is 0 Å². The van der Waals surface area contributed by atoms with Crippen LogP contribution < -0.4 is 11.1 Å². The van der Waals surface area contributed by atoms with Crippen LogP contribution in [-0.4, -0.2) is 41.6 Å². The van der Waals surface area contributed by atoms with E-state index < -0.39 is 29.4 Å². The van der Waals surface area contributed by atoms with Gasteiger partial charge in [0.05, 0.1) is 24.1 Å². The van der Waals surface area contributed by atoms with E-state index in [4.69, 9.17) is 10.2 Å². The predicted molar refractivity (Wildman–Crippen MR) is 87.6 cm³/mol. The Balaban J connectivity index is 1.63. The molecule has 1 aromatic carbocycles. The first kappa shape index (κ1) is 16.5. The lowest BCUT2D eigenvalue weighted by molar-refractivity contribution is 0.0467. The molecule has 6 nitrogen and oxygen atoms in total. The van der Waals surface area contributed by atoms with Crippen LogP contribution in [-0.2, 0) is 0 Å². The number of carbonyl (C=O) groups excluding carboxylic acids is 1. The zero-order chi connectivity index (χ0) is 18.5. The zero-order valence-corrected chi connectivity index (χ0v) is 13.5. The summed E-state index contributed by atoms with van der Waals surface area (Å²) in [6.07, 6.45) is -0.283. The smallest absolute Gasteiger partial charge is 0.289 e.